The average molecular weight is 341 g/mol. The molecule has 0 saturated carbocycles. The van der Waals surface area contributed by atoms with Gasteiger partial charge in [-0.3, -0.25) is 9.36 Å². The fraction of sp³-hybridized carbons (Fsp3) is 0.462. The number of thiophene rings is 1. The first-order valence-electron chi connectivity index (χ1n) is 6.67. The highest BCUT2D eigenvalue weighted by molar-refractivity contribution is 7.99. The molecule has 8 heteroatoms. The van der Waals surface area contributed by atoms with E-state index in [4.69, 9.17) is 5.11 Å². The number of carboxylic acids is 1. The first-order chi connectivity index (χ1) is 10.3. The van der Waals surface area contributed by atoms with E-state index in [1.165, 1.54) is 23.9 Å². The van der Waals surface area contributed by atoms with Crippen LogP contribution in [0.2, 0.25) is 0 Å². The van der Waals surface area contributed by atoms with Gasteiger partial charge in [0.2, 0.25) is 0 Å². The minimum Gasteiger partial charge on any atom is -0.481 e. The molecule has 0 bridgehead atoms. The second-order valence-corrected chi connectivity index (χ2v) is 7.75. The molecule has 0 aliphatic carbocycles. The predicted molar refractivity (Wildman–Crippen MR) is 87.3 cm³/mol. The summed E-state index contributed by atoms with van der Waals surface area (Å²) in [5.74, 6) is 2.29. The number of carbonyl (C=O) groups is 1. The monoisotopic (exact) mass is 341 g/mol. The van der Waals surface area contributed by atoms with Gasteiger partial charge in [0.1, 0.15) is 0 Å². The normalized spacial score (nSPS) is 18.8. The van der Waals surface area contributed by atoms with Crippen LogP contribution >= 0.6 is 34.9 Å². The lowest BCUT2D eigenvalue weighted by Crippen LogP contribution is -2.18. The summed E-state index contributed by atoms with van der Waals surface area (Å²) >= 11 is 4.83. The second kappa shape index (κ2) is 6.85. The molecule has 1 saturated heterocycles. The zero-order valence-electron chi connectivity index (χ0n) is 11.3. The molecule has 0 aromatic carbocycles. The molecule has 2 aromatic rings. The number of aromatic nitrogens is 3. The van der Waals surface area contributed by atoms with Gasteiger partial charge in [-0.05, 0) is 30.0 Å². The molecule has 1 fully saturated rings. The number of carboxylic acid groups (broad SMARTS) is 1. The van der Waals surface area contributed by atoms with Crippen LogP contribution in [0.15, 0.2) is 22.7 Å². The van der Waals surface area contributed by atoms with Gasteiger partial charge in [-0.1, -0.05) is 17.8 Å². The first-order valence-corrected chi connectivity index (χ1v) is 9.69. The maximum Gasteiger partial charge on any atom is 0.313 e. The van der Waals surface area contributed by atoms with E-state index in [1.807, 2.05) is 29.3 Å². The Morgan fingerprint density at radius 2 is 2.43 bits per heavy atom. The fourth-order valence-electron chi connectivity index (χ4n) is 2.33. The van der Waals surface area contributed by atoms with Crippen molar-refractivity contribution in [2.24, 2.45) is 0 Å². The summed E-state index contributed by atoms with van der Waals surface area (Å²) in [6, 6.07) is 4.39. The lowest BCUT2D eigenvalue weighted by atomic mass is 10.2. The molecule has 1 aliphatic heterocycles. The highest BCUT2D eigenvalue weighted by Crippen LogP contribution is 2.35. The Morgan fingerprint density at radius 1 is 1.52 bits per heavy atom. The molecule has 112 valence electrons. The van der Waals surface area contributed by atoms with Crippen molar-refractivity contribution in [1.82, 2.24) is 14.8 Å². The average Bonchev–Trinajstić information content (AvgIpc) is 3.15. The lowest BCUT2D eigenvalue weighted by molar-refractivity contribution is -0.133. The van der Waals surface area contributed by atoms with E-state index >= 15 is 0 Å². The maximum atomic E-state index is 10.8. The van der Waals surface area contributed by atoms with E-state index in [0.717, 1.165) is 22.9 Å². The van der Waals surface area contributed by atoms with Crippen LogP contribution in [-0.2, 0) is 4.79 Å². The van der Waals surface area contributed by atoms with E-state index in [1.54, 1.807) is 11.3 Å². The molecule has 1 N–H and O–H groups in total. The molecule has 1 atom stereocenters. The van der Waals surface area contributed by atoms with Gasteiger partial charge >= 0.3 is 5.97 Å². The molecule has 0 amide bonds. The number of hydrogen-bond donors (Lipinski definition) is 1. The maximum absolute atomic E-state index is 10.8. The minimum absolute atomic E-state index is 0.0163. The lowest BCUT2D eigenvalue weighted by Gasteiger charge is -2.25. The van der Waals surface area contributed by atoms with E-state index in [2.05, 4.69) is 14.8 Å². The molecule has 21 heavy (non-hydrogen) atoms. The third-order valence-electron chi connectivity index (χ3n) is 3.23. The van der Waals surface area contributed by atoms with Gasteiger partial charge in [-0.25, -0.2) is 0 Å². The summed E-state index contributed by atoms with van der Waals surface area (Å²) in [5, 5.41) is 20.2. The Balaban J connectivity index is 1.94. The van der Waals surface area contributed by atoms with Crippen LogP contribution in [0.4, 0.5) is 0 Å². The van der Waals surface area contributed by atoms with Crippen molar-refractivity contribution in [1.29, 1.82) is 0 Å². The summed E-state index contributed by atoms with van der Waals surface area (Å²) < 4.78 is 2.14. The Morgan fingerprint density at radius 3 is 3.10 bits per heavy atom. The summed E-state index contributed by atoms with van der Waals surface area (Å²) in [6.45, 7) is 0. The summed E-state index contributed by atoms with van der Waals surface area (Å²) in [7, 11) is 0. The molecule has 0 spiro atoms. The Labute approximate surface area is 135 Å². The van der Waals surface area contributed by atoms with Gasteiger partial charge < -0.3 is 5.11 Å². The molecule has 1 aliphatic rings. The molecule has 1 unspecified atom stereocenters. The van der Waals surface area contributed by atoms with Crippen LogP contribution in [0.1, 0.15) is 18.9 Å². The standard InChI is InChI=1S/C13H15N3O2S3/c17-11(18)8-21-13-15-14-12(10-4-2-6-20-10)16(13)9-3-1-5-19-7-9/h2,4,6,9H,1,3,5,7-8H2,(H,17,18). The van der Waals surface area contributed by atoms with E-state index in [-0.39, 0.29) is 5.75 Å². The van der Waals surface area contributed by atoms with Crippen LogP contribution in [0.5, 0.6) is 0 Å². The number of rotatable bonds is 5. The highest BCUT2D eigenvalue weighted by Gasteiger charge is 2.24. The van der Waals surface area contributed by atoms with Crippen LogP contribution in [0.3, 0.4) is 0 Å². The largest absolute Gasteiger partial charge is 0.481 e. The zero-order chi connectivity index (χ0) is 14.7. The van der Waals surface area contributed by atoms with Crippen molar-refractivity contribution in [2.45, 2.75) is 24.0 Å². The van der Waals surface area contributed by atoms with Gasteiger partial charge in [0.15, 0.2) is 11.0 Å². The zero-order valence-corrected chi connectivity index (χ0v) is 13.7. The fourth-order valence-corrected chi connectivity index (χ4v) is 4.89. The van der Waals surface area contributed by atoms with E-state index < -0.39 is 5.97 Å². The van der Waals surface area contributed by atoms with Crippen LogP contribution < -0.4 is 0 Å². The topological polar surface area (TPSA) is 68.0 Å². The predicted octanol–water partition coefficient (Wildman–Crippen LogP) is 3.25. The quantitative estimate of drug-likeness (QED) is 0.842. The van der Waals surface area contributed by atoms with Crippen LogP contribution in [-0.4, -0.2) is 43.1 Å². The molecule has 0 radical (unpaired) electrons. The Bertz CT molecular complexity index is 606. The second-order valence-electron chi connectivity index (χ2n) is 4.71. The van der Waals surface area contributed by atoms with Crippen molar-refractivity contribution in [3.63, 3.8) is 0 Å². The third kappa shape index (κ3) is 3.44. The van der Waals surface area contributed by atoms with Gasteiger partial charge in [-0.15, -0.1) is 21.5 Å². The van der Waals surface area contributed by atoms with Gasteiger partial charge in [0.25, 0.3) is 0 Å². The van der Waals surface area contributed by atoms with Crippen molar-refractivity contribution in [2.75, 3.05) is 17.3 Å². The Kier molecular flexibility index (Phi) is 4.87. The van der Waals surface area contributed by atoms with Crippen molar-refractivity contribution in [3.8, 4) is 10.7 Å². The van der Waals surface area contributed by atoms with Gasteiger partial charge in [0.05, 0.1) is 10.6 Å². The molecule has 3 rings (SSSR count). The van der Waals surface area contributed by atoms with Gasteiger partial charge in [-0.2, -0.15) is 11.8 Å². The molecule has 3 heterocycles. The third-order valence-corrected chi connectivity index (χ3v) is 6.22. The molecular formula is C13H15N3O2S3. The number of nitrogens with zero attached hydrogens (tertiary/aromatic N) is 3. The van der Waals surface area contributed by atoms with E-state index in [9.17, 15) is 4.79 Å². The van der Waals surface area contributed by atoms with Crippen molar-refractivity contribution >= 4 is 40.8 Å². The van der Waals surface area contributed by atoms with Gasteiger partial charge in [0, 0.05) is 11.8 Å². The summed E-state index contributed by atoms with van der Waals surface area (Å²) in [6.07, 6.45) is 2.28. The van der Waals surface area contributed by atoms with E-state index in [0.29, 0.717) is 11.2 Å². The van der Waals surface area contributed by atoms with Crippen LogP contribution in [0, 0.1) is 0 Å². The smallest absolute Gasteiger partial charge is 0.313 e. The molecular weight excluding hydrogens is 326 g/mol. The number of thioether (sulfide) groups is 2. The first kappa shape index (κ1) is 14.9. The highest BCUT2D eigenvalue weighted by atomic mass is 32.2. The summed E-state index contributed by atoms with van der Waals surface area (Å²) in [4.78, 5) is 11.9. The molecule has 2 aromatic heterocycles. The Hall–Kier alpha value is -0.990. The van der Waals surface area contributed by atoms with Crippen LogP contribution in [0.25, 0.3) is 10.7 Å². The van der Waals surface area contributed by atoms with Crippen molar-refractivity contribution in [3.05, 3.63) is 17.5 Å². The van der Waals surface area contributed by atoms with Crippen molar-refractivity contribution < 1.29 is 9.90 Å². The summed E-state index contributed by atoms with van der Waals surface area (Å²) in [5.41, 5.74) is 0. The molecule has 5 nitrogen and oxygen atoms in total. The minimum atomic E-state index is -0.828. The SMILES string of the molecule is O=C(O)CSc1nnc(-c2cccs2)n1C1CCCSC1. The number of aliphatic carboxylic acids is 1. The number of hydrogen-bond acceptors (Lipinski definition) is 6.